The zero-order valence-electron chi connectivity index (χ0n) is 10.2. The Hall–Kier alpha value is -1.85. The topological polar surface area (TPSA) is 86.3 Å². The molecule has 1 rings (SSSR count). The highest BCUT2D eigenvalue weighted by atomic mass is 16.4. The lowest BCUT2D eigenvalue weighted by Crippen LogP contribution is -2.34. The van der Waals surface area contributed by atoms with E-state index in [9.17, 15) is 14.7 Å². The van der Waals surface area contributed by atoms with E-state index in [0.717, 1.165) is 0 Å². The van der Waals surface area contributed by atoms with Gasteiger partial charge in [-0.15, -0.1) is 0 Å². The van der Waals surface area contributed by atoms with E-state index < -0.39 is 12.0 Å². The summed E-state index contributed by atoms with van der Waals surface area (Å²) in [5.74, 6) is -1.04. The third kappa shape index (κ3) is 2.64. The number of rotatable bonds is 6. The fourth-order valence-electron chi connectivity index (χ4n) is 1.89. The summed E-state index contributed by atoms with van der Waals surface area (Å²) >= 11 is 0. The second-order valence-electron chi connectivity index (χ2n) is 3.93. The maximum absolute atomic E-state index is 11.3. The quantitative estimate of drug-likeness (QED) is 0.726. The van der Waals surface area contributed by atoms with Crippen molar-refractivity contribution in [3.8, 4) is 0 Å². The number of carboxylic acid groups (broad SMARTS) is 1. The van der Waals surface area contributed by atoms with Crippen LogP contribution < -0.4 is 0 Å². The maximum Gasteiger partial charge on any atom is 0.331 e. The van der Waals surface area contributed by atoms with E-state index in [1.165, 1.54) is 4.90 Å². The van der Waals surface area contributed by atoms with Crippen LogP contribution in [0.15, 0.2) is 0 Å². The van der Waals surface area contributed by atoms with Gasteiger partial charge in [-0.1, -0.05) is 6.92 Å². The molecule has 1 unspecified atom stereocenters. The number of aliphatic carboxylic acids is 1. The van der Waals surface area contributed by atoms with Gasteiger partial charge in [0.1, 0.15) is 0 Å². The van der Waals surface area contributed by atoms with Gasteiger partial charge in [-0.05, 0) is 20.3 Å². The fraction of sp³-hybridized carbons (Fsp3) is 0.545. The molecule has 0 spiro atoms. The molecule has 1 aromatic heterocycles. The number of aromatic nitrogens is 2. The summed E-state index contributed by atoms with van der Waals surface area (Å²) in [6.45, 7) is 5.78. The van der Waals surface area contributed by atoms with E-state index in [4.69, 9.17) is 0 Å². The van der Waals surface area contributed by atoms with Crippen molar-refractivity contribution in [1.29, 1.82) is 0 Å². The van der Waals surface area contributed by atoms with Crippen molar-refractivity contribution >= 4 is 12.4 Å². The van der Waals surface area contributed by atoms with Crippen LogP contribution in [0.2, 0.25) is 0 Å². The molecule has 0 fully saturated rings. The lowest BCUT2D eigenvalue weighted by Gasteiger charge is -2.24. The van der Waals surface area contributed by atoms with Crippen LogP contribution in [-0.4, -0.2) is 39.1 Å². The van der Waals surface area contributed by atoms with Crippen molar-refractivity contribution in [1.82, 2.24) is 15.1 Å². The van der Waals surface area contributed by atoms with E-state index >= 15 is 0 Å². The Kier molecular flexibility index (Phi) is 4.25. The van der Waals surface area contributed by atoms with Crippen LogP contribution in [-0.2, 0) is 9.59 Å². The fourth-order valence-corrected chi connectivity index (χ4v) is 1.89. The molecule has 0 radical (unpaired) electrons. The number of hydrogen-bond acceptors (Lipinski definition) is 3. The normalized spacial score (nSPS) is 12.2. The van der Waals surface area contributed by atoms with Crippen molar-refractivity contribution in [3.05, 3.63) is 17.0 Å². The minimum absolute atomic E-state index is 0.407. The van der Waals surface area contributed by atoms with E-state index in [-0.39, 0.29) is 0 Å². The molecular weight excluding hydrogens is 222 g/mol. The molecule has 94 valence electrons. The molecule has 17 heavy (non-hydrogen) atoms. The summed E-state index contributed by atoms with van der Waals surface area (Å²) in [4.78, 5) is 23.6. The van der Waals surface area contributed by atoms with Gasteiger partial charge in [0.15, 0.2) is 6.04 Å². The van der Waals surface area contributed by atoms with Crippen LogP contribution in [0.5, 0.6) is 0 Å². The van der Waals surface area contributed by atoms with E-state index in [2.05, 4.69) is 10.2 Å². The molecule has 6 heteroatoms. The third-order valence-corrected chi connectivity index (χ3v) is 2.64. The summed E-state index contributed by atoms with van der Waals surface area (Å²) < 4.78 is 0. The average Bonchev–Trinajstić information content (AvgIpc) is 2.59. The van der Waals surface area contributed by atoms with Gasteiger partial charge in [-0.25, -0.2) is 4.79 Å². The molecule has 1 aromatic rings. The van der Waals surface area contributed by atoms with Gasteiger partial charge in [-0.2, -0.15) is 5.10 Å². The highest BCUT2D eigenvalue weighted by molar-refractivity contribution is 5.79. The summed E-state index contributed by atoms with van der Waals surface area (Å²) in [6, 6.07) is -0.966. The molecule has 1 amide bonds. The molecule has 6 nitrogen and oxygen atoms in total. The summed E-state index contributed by atoms with van der Waals surface area (Å²) in [7, 11) is 0. The van der Waals surface area contributed by atoms with E-state index in [1.54, 1.807) is 13.8 Å². The Labute approximate surface area is 99.6 Å². The first-order valence-corrected chi connectivity index (χ1v) is 5.48. The zero-order valence-corrected chi connectivity index (χ0v) is 10.2. The molecule has 0 aliphatic rings. The monoisotopic (exact) mass is 239 g/mol. The summed E-state index contributed by atoms with van der Waals surface area (Å²) in [5.41, 5.74) is 1.86. The number of hydrogen-bond donors (Lipinski definition) is 2. The van der Waals surface area contributed by atoms with E-state index in [0.29, 0.717) is 36.3 Å². The minimum Gasteiger partial charge on any atom is -0.479 e. The van der Waals surface area contributed by atoms with Gasteiger partial charge < -0.3 is 10.0 Å². The second-order valence-corrected chi connectivity index (χ2v) is 3.93. The largest absolute Gasteiger partial charge is 0.479 e. The lowest BCUT2D eigenvalue weighted by molar-refractivity contribution is -0.146. The SMILES string of the molecule is CCCN(C=O)C(C(=O)O)c1c(C)n[nH]c1C. The molecule has 0 saturated carbocycles. The van der Waals surface area contributed by atoms with Crippen LogP contribution in [0.25, 0.3) is 0 Å². The van der Waals surface area contributed by atoms with Gasteiger partial charge in [0.2, 0.25) is 6.41 Å². The van der Waals surface area contributed by atoms with Crippen LogP contribution in [0.1, 0.15) is 36.3 Å². The minimum atomic E-state index is -1.04. The predicted molar refractivity (Wildman–Crippen MR) is 61.5 cm³/mol. The van der Waals surface area contributed by atoms with Crippen molar-refractivity contribution in [3.63, 3.8) is 0 Å². The van der Waals surface area contributed by atoms with Crippen molar-refractivity contribution in [2.75, 3.05) is 6.54 Å². The Morgan fingerprint density at radius 1 is 1.59 bits per heavy atom. The Morgan fingerprint density at radius 3 is 2.59 bits per heavy atom. The number of nitrogens with zero attached hydrogens (tertiary/aromatic N) is 2. The van der Waals surface area contributed by atoms with Crippen LogP contribution in [0.3, 0.4) is 0 Å². The molecule has 0 aliphatic carbocycles. The lowest BCUT2D eigenvalue weighted by atomic mass is 10.0. The number of nitrogens with one attached hydrogen (secondary N) is 1. The van der Waals surface area contributed by atoms with E-state index in [1.807, 2.05) is 6.92 Å². The number of aromatic amines is 1. The Bertz CT molecular complexity index is 395. The Morgan fingerprint density at radius 2 is 2.24 bits per heavy atom. The Balaban J connectivity index is 3.17. The van der Waals surface area contributed by atoms with Gasteiger partial charge in [-0.3, -0.25) is 9.89 Å². The van der Waals surface area contributed by atoms with Gasteiger partial charge in [0, 0.05) is 17.8 Å². The molecule has 0 aromatic carbocycles. The molecule has 0 saturated heterocycles. The molecular formula is C11H17N3O3. The first-order chi connectivity index (χ1) is 8.02. The number of amides is 1. The summed E-state index contributed by atoms with van der Waals surface area (Å²) in [6.07, 6.45) is 1.28. The standard InChI is InChI=1S/C11H17N3O3/c1-4-5-14(6-15)10(11(16)17)9-7(2)12-13-8(9)3/h6,10H,4-5H2,1-3H3,(H,12,13)(H,16,17). The average molecular weight is 239 g/mol. The van der Waals surface area contributed by atoms with Gasteiger partial charge >= 0.3 is 5.97 Å². The first kappa shape index (κ1) is 13.2. The molecule has 1 heterocycles. The summed E-state index contributed by atoms with van der Waals surface area (Å²) in [5, 5.41) is 16.0. The highest BCUT2D eigenvalue weighted by Gasteiger charge is 2.30. The van der Waals surface area contributed by atoms with Crippen LogP contribution in [0.4, 0.5) is 0 Å². The molecule has 2 N–H and O–H groups in total. The van der Waals surface area contributed by atoms with Crippen molar-refractivity contribution in [2.45, 2.75) is 33.2 Å². The predicted octanol–water partition coefficient (Wildman–Crippen LogP) is 1.02. The number of aryl methyl sites for hydroxylation is 2. The van der Waals surface area contributed by atoms with Crippen LogP contribution >= 0.6 is 0 Å². The maximum atomic E-state index is 11.3. The molecule has 0 bridgehead atoms. The number of H-pyrrole nitrogens is 1. The number of carboxylic acids is 1. The van der Waals surface area contributed by atoms with Crippen LogP contribution in [0, 0.1) is 13.8 Å². The molecule has 1 atom stereocenters. The number of carbonyl (C=O) groups excluding carboxylic acids is 1. The molecule has 0 aliphatic heterocycles. The van der Waals surface area contributed by atoms with Crippen molar-refractivity contribution in [2.24, 2.45) is 0 Å². The van der Waals surface area contributed by atoms with Crippen molar-refractivity contribution < 1.29 is 14.7 Å². The zero-order chi connectivity index (χ0) is 13.0. The first-order valence-electron chi connectivity index (χ1n) is 5.48. The third-order valence-electron chi connectivity index (χ3n) is 2.64. The van der Waals surface area contributed by atoms with Gasteiger partial charge in [0.25, 0.3) is 0 Å². The number of carbonyl (C=O) groups is 2. The van der Waals surface area contributed by atoms with Gasteiger partial charge in [0.05, 0.1) is 5.69 Å². The second kappa shape index (κ2) is 5.47. The smallest absolute Gasteiger partial charge is 0.331 e. The highest BCUT2D eigenvalue weighted by Crippen LogP contribution is 2.25.